The highest BCUT2D eigenvalue weighted by atomic mass is 35.5. The number of amides is 1. The van der Waals surface area contributed by atoms with Gasteiger partial charge in [-0.3, -0.25) is 4.79 Å². The van der Waals surface area contributed by atoms with Crippen LogP contribution >= 0.6 is 23.2 Å². The van der Waals surface area contributed by atoms with Crippen molar-refractivity contribution in [3.05, 3.63) is 33.8 Å². The van der Waals surface area contributed by atoms with Crippen LogP contribution in [0.1, 0.15) is 25.8 Å². The Morgan fingerprint density at radius 1 is 1.30 bits per heavy atom. The minimum absolute atomic E-state index is 0.00374. The molecule has 5 heteroatoms. The molecule has 0 saturated carbocycles. The summed E-state index contributed by atoms with van der Waals surface area (Å²) in [6.45, 7) is 4.80. The Hall–Kier alpha value is -0.770. The summed E-state index contributed by atoms with van der Waals surface area (Å²) >= 11 is 12.1. The van der Waals surface area contributed by atoms with Gasteiger partial charge in [0, 0.05) is 29.7 Å². The van der Waals surface area contributed by atoms with Crippen molar-refractivity contribution >= 4 is 29.1 Å². The van der Waals surface area contributed by atoms with Crippen molar-refractivity contribution in [3.8, 4) is 0 Å². The Labute approximate surface area is 131 Å². The van der Waals surface area contributed by atoms with Crippen LogP contribution in [0.2, 0.25) is 10.0 Å². The zero-order valence-electron chi connectivity index (χ0n) is 12.2. The van der Waals surface area contributed by atoms with E-state index in [-0.39, 0.29) is 18.4 Å². The second-order valence-corrected chi connectivity index (χ2v) is 6.20. The van der Waals surface area contributed by atoms with E-state index in [1.54, 1.807) is 30.1 Å². The van der Waals surface area contributed by atoms with E-state index >= 15 is 0 Å². The van der Waals surface area contributed by atoms with Crippen molar-refractivity contribution in [3.63, 3.8) is 0 Å². The highest BCUT2D eigenvalue weighted by Gasteiger charge is 2.16. The van der Waals surface area contributed by atoms with Crippen LogP contribution in [0, 0.1) is 5.92 Å². The summed E-state index contributed by atoms with van der Waals surface area (Å²) in [5.74, 6) is 0.410. The molecular formula is C15H22Cl2N2O. The largest absolute Gasteiger partial charge is 0.345 e. The van der Waals surface area contributed by atoms with Gasteiger partial charge in [-0.2, -0.15) is 0 Å². The average Bonchev–Trinajstić information content (AvgIpc) is 2.39. The Bertz CT molecular complexity index is 443. The smallest absolute Gasteiger partial charge is 0.226 e. The first-order chi connectivity index (χ1) is 9.32. The van der Waals surface area contributed by atoms with E-state index in [1.807, 2.05) is 0 Å². The molecule has 0 spiro atoms. The van der Waals surface area contributed by atoms with E-state index in [2.05, 4.69) is 13.8 Å². The number of nitrogens with zero attached hydrogens (tertiary/aromatic N) is 1. The van der Waals surface area contributed by atoms with Gasteiger partial charge >= 0.3 is 0 Å². The molecule has 1 rings (SSSR count). The van der Waals surface area contributed by atoms with Gasteiger partial charge in [0.15, 0.2) is 0 Å². The number of carbonyl (C=O) groups is 1. The zero-order chi connectivity index (χ0) is 15.3. The Morgan fingerprint density at radius 2 is 1.85 bits per heavy atom. The zero-order valence-corrected chi connectivity index (χ0v) is 13.7. The summed E-state index contributed by atoms with van der Waals surface area (Å²) in [7, 11) is 1.78. The standard InChI is InChI=1S/C15H22Cl2N2O/c1-10(2)14(18)7-8-19(3)15(20)9-11-12(16)5-4-6-13(11)17/h4-6,10,14H,7-9,18H2,1-3H3. The number of rotatable bonds is 6. The fraction of sp³-hybridized carbons (Fsp3) is 0.533. The monoisotopic (exact) mass is 316 g/mol. The van der Waals surface area contributed by atoms with Crippen LogP contribution in [-0.2, 0) is 11.2 Å². The minimum Gasteiger partial charge on any atom is -0.345 e. The molecule has 0 heterocycles. The first-order valence-electron chi connectivity index (χ1n) is 6.75. The molecule has 1 unspecified atom stereocenters. The first-order valence-corrected chi connectivity index (χ1v) is 7.51. The number of halogens is 2. The Morgan fingerprint density at radius 3 is 2.35 bits per heavy atom. The third kappa shape index (κ3) is 4.97. The molecule has 112 valence electrons. The van der Waals surface area contributed by atoms with Crippen molar-refractivity contribution < 1.29 is 4.79 Å². The molecule has 2 N–H and O–H groups in total. The van der Waals surface area contributed by atoms with Crippen molar-refractivity contribution in [2.45, 2.75) is 32.7 Å². The molecule has 1 amide bonds. The Kier molecular flexibility index (Phi) is 6.80. The summed E-state index contributed by atoms with van der Waals surface area (Å²) in [5, 5.41) is 1.05. The fourth-order valence-corrected chi connectivity index (χ4v) is 2.32. The second kappa shape index (κ2) is 7.87. The molecule has 0 aliphatic rings. The van der Waals surface area contributed by atoms with E-state index in [9.17, 15) is 4.79 Å². The molecule has 0 aliphatic heterocycles. The lowest BCUT2D eigenvalue weighted by Gasteiger charge is -2.22. The number of likely N-dealkylation sites (N-methyl/N-ethyl adjacent to an activating group) is 1. The highest BCUT2D eigenvalue weighted by molar-refractivity contribution is 6.36. The van der Waals surface area contributed by atoms with Gasteiger partial charge in [0.2, 0.25) is 5.91 Å². The maximum absolute atomic E-state index is 12.2. The topological polar surface area (TPSA) is 46.3 Å². The van der Waals surface area contributed by atoms with Crippen molar-refractivity contribution in [2.24, 2.45) is 11.7 Å². The van der Waals surface area contributed by atoms with Gasteiger partial charge < -0.3 is 10.6 Å². The molecule has 0 aromatic heterocycles. The van der Waals surface area contributed by atoms with Crippen LogP contribution in [0.3, 0.4) is 0 Å². The molecule has 0 saturated heterocycles. The van der Waals surface area contributed by atoms with Gasteiger partial charge in [-0.25, -0.2) is 0 Å². The van der Waals surface area contributed by atoms with E-state index in [1.165, 1.54) is 0 Å². The molecule has 20 heavy (non-hydrogen) atoms. The lowest BCUT2D eigenvalue weighted by atomic mass is 10.0. The first kappa shape index (κ1) is 17.3. The summed E-state index contributed by atoms with van der Waals surface area (Å²) < 4.78 is 0. The maximum Gasteiger partial charge on any atom is 0.226 e. The van der Waals surface area contributed by atoms with Crippen molar-refractivity contribution in [2.75, 3.05) is 13.6 Å². The van der Waals surface area contributed by atoms with E-state index in [0.717, 1.165) is 6.42 Å². The fourth-order valence-electron chi connectivity index (χ4n) is 1.79. The van der Waals surface area contributed by atoms with Gasteiger partial charge in [0.25, 0.3) is 0 Å². The molecule has 0 radical (unpaired) electrons. The van der Waals surface area contributed by atoms with Crippen LogP contribution in [-0.4, -0.2) is 30.4 Å². The molecule has 0 bridgehead atoms. The summed E-state index contributed by atoms with van der Waals surface area (Å²) in [6, 6.07) is 5.36. The number of hydrogen-bond acceptors (Lipinski definition) is 2. The number of hydrogen-bond donors (Lipinski definition) is 1. The molecule has 1 atom stereocenters. The second-order valence-electron chi connectivity index (χ2n) is 5.39. The summed E-state index contributed by atoms with van der Waals surface area (Å²) in [5.41, 5.74) is 6.67. The van der Waals surface area contributed by atoms with E-state index in [4.69, 9.17) is 28.9 Å². The van der Waals surface area contributed by atoms with Gasteiger partial charge in [-0.1, -0.05) is 43.1 Å². The van der Waals surface area contributed by atoms with Gasteiger partial charge in [0.1, 0.15) is 0 Å². The van der Waals surface area contributed by atoms with Crippen molar-refractivity contribution in [1.29, 1.82) is 0 Å². The van der Waals surface area contributed by atoms with Crippen LogP contribution in [0.15, 0.2) is 18.2 Å². The normalized spacial score (nSPS) is 12.6. The number of carbonyl (C=O) groups excluding carboxylic acids is 1. The lowest BCUT2D eigenvalue weighted by molar-refractivity contribution is -0.129. The molecule has 1 aromatic rings. The minimum atomic E-state index is -0.00374. The third-order valence-electron chi connectivity index (χ3n) is 3.47. The summed E-state index contributed by atoms with van der Waals surface area (Å²) in [4.78, 5) is 13.8. The van der Waals surface area contributed by atoms with Crippen LogP contribution < -0.4 is 5.73 Å². The van der Waals surface area contributed by atoms with Gasteiger partial charge in [-0.15, -0.1) is 0 Å². The van der Waals surface area contributed by atoms with Gasteiger partial charge in [-0.05, 0) is 30.0 Å². The van der Waals surface area contributed by atoms with Crippen LogP contribution in [0.5, 0.6) is 0 Å². The lowest BCUT2D eigenvalue weighted by Crippen LogP contribution is -2.35. The SMILES string of the molecule is CC(C)C(N)CCN(C)C(=O)Cc1c(Cl)cccc1Cl. The van der Waals surface area contributed by atoms with Crippen molar-refractivity contribution in [1.82, 2.24) is 4.90 Å². The molecule has 1 aromatic carbocycles. The molecule has 3 nitrogen and oxygen atoms in total. The Balaban J connectivity index is 2.58. The summed E-state index contributed by atoms with van der Waals surface area (Å²) in [6.07, 6.45) is 1.00. The highest BCUT2D eigenvalue weighted by Crippen LogP contribution is 2.25. The number of benzene rings is 1. The number of nitrogens with two attached hydrogens (primary N) is 1. The third-order valence-corrected chi connectivity index (χ3v) is 4.18. The average molecular weight is 317 g/mol. The molecule has 0 aliphatic carbocycles. The molecular weight excluding hydrogens is 295 g/mol. The van der Waals surface area contributed by atoms with E-state index < -0.39 is 0 Å². The molecule has 0 fully saturated rings. The quantitative estimate of drug-likeness (QED) is 0.874. The van der Waals surface area contributed by atoms with Crippen LogP contribution in [0.4, 0.5) is 0 Å². The predicted molar refractivity (Wildman–Crippen MR) is 85.2 cm³/mol. The van der Waals surface area contributed by atoms with Gasteiger partial charge in [0.05, 0.1) is 6.42 Å². The maximum atomic E-state index is 12.2. The van der Waals surface area contributed by atoms with Crippen LogP contribution in [0.25, 0.3) is 0 Å². The predicted octanol–water partition coefficient (Wildman–Crippen LogP) is 3.37. The van der Waals surface area contributed by atoms with E-state index in [0.29, 0.717) is 28.1 Å².